The minimum Gasteiger partial charge on any atom is -0.363 e. The minimum atomic E-state index is -1.52. The zero-order valence-electron chi connectivity index (χ0n) is 6.23. The van der Waals surface area contributed by atoms with E-state index < -0.39 is 6.29 Å². The summed E-state index contributed by atoms with van der Waals surface area (Å²) in [5, 5.41) is 24.5. The molecule has 0 atom stereocenters. The topological polar surface area (TPSA) is 66.2 Å². The van der Waals surface area contributed by atoms with Crippen LogP contribution in [0.3, 0.4) is 0 Å². The van der Waals surface area contributed by atoms with Gasteiger partial charge in [-0.1, -0.05) is 6.92 Å². The smallest absolute Gasteiger partial charge is 0.197 e. The van der Waals surface area contributed by atoms with Gasteiger partial charge < -0.3 is 10.2 Å². The molecule has 0 aliphatic rings. The largest absolute Gasteiger partial charge is 0.363 e. The molecule has 0 unspecified atom stereocenters. The van der Waals surface area contributed by atoms with Crippen LogP contribution in [0.1, 0.15) is 24.5 Å². The van der Waals surface area contributed by atoms with Crippen molar-refractivity contribution in [1.29, 1.82) is 0 Å². The number of aryl methyl sites for hydroxylation is 1. The van der Waals surface area contributed by atoms with E-state index in [2.05, 4.69) is 10.2 Å². The predicted octanol–water partition coefficient (Wildman–Crippen LogP) is 0.0222. The van der Waals surface area contributed by atoms with E-state index in [9.17, 15) is 0 Å². The number of hydrogen-bond donors (Lipinski definition) is 2. The molecule has 1 aromatic heterocycles. The van der Waals surface area contributed by atoms with Gasteiger partial charge in [-0.3, -0.25) is 0 Å². The number of aromatic nitrogens is 2. The van der Waals surface area contributed by atoms with Gasteiger partial charge in [0, 0.05) is 0 Å². The molecule has 0 aliphatic carbocycles. The molecule has 4 heteroatoms. The lowest BCUT2D eigenvalue weighted by molar-refractivity contribution is -0.0465. The SMILES string of the molecule is CCc1cnnc(C(O)O)c1. The van der Waals surface area contributed by atoms with Crippen LogP contribution in [0.15, 0.2) is 12.3 Å². The van der Waals surface area contributed by atoms with Crippen LogP contribution in [0.4, 0.5) is 0 Å². The minimum absolute atomic E-state index is 0.198. The Morgan fingerprint density at radius 1 is 1.55 bits per heavy atom. The molecule has 0 amide bonds. The Kier molecular flexibility index (Phi) is 2.51. The highest BCUT2D eigenvalue weighted by Crippen LogP contribution is 2.06. The van der Waals surface area contributed by atoms with Gasteiger partial charge in [-0.2, -0.15) is 10.2 Å². The summed E-state index contributed by atoms with van der Waals surface area (Å²) >= 11 is 0. The van der Waals surface area contributed by atoms with Gasteiger partial charge in [0.25, 0.3) is 0 Å². The van der Waals surface area contributed by atoms with Crippen LogP contribution < -0.4 is 0 Å². The number of nitrogens with zero attached hydrogens (tertiary/aromatic N) is 2. The van der Waals surface area contributed by atoms with E-state index in [0.717, 1.165) is 12.0 Å². The van der Waals surface area contributed by atoms with Gasteiger partial charge in [0.2, 0.25) is 0 Å². The first kappa shape index (κ1) is 8.10. The fraction of sp³-hybridized carbons (Fsp3) is 0.429. The van der Waals surface area contributed by atoms with E-state index in [1.165, 1.54) is 0 Å². The summed E-state index contributed by atoms with van der Waals surface area (Å²) < 4.78 is 0. The first-order valence-corrected chi connectivity index (χ1v) is 3.41. The van der Waals surface area contributed by atoms with Gasteiger partial charge in [-0.15, -0.1) is 0 Å². The van der Waals surface area contributed by atoms with Crippen molar-refractivity contribution in [1.82, 2.24) is 10.2 Å². The number of aliphatic hydroxyl groups is 2. The van der Waals surface area contributed by atoms with Crippen LogP contribution in [-0.4, -0.2) is 20.4 Å². The van der Waals surface area contributed by atoms with Crippen LogP contribution in [0, 0.1) is 0 Å². The van der Waals surface area contributed by atoms with E-state index in [1.54, 1.807) is 12.3 Å². The standard InChI is InChI=1S/C7H10N2O2/c1-2-5-3-6(7(10)11)9-8-4-5/h3-4,7,10-11H,2H2,1H3. The number of aliphatic hydroxyl groups excluding tert-OH is 1. The average Bonchev–Trinajstić information content (AvgIpc) is 2.05. The molecule has 1 heterocycles. The van der Waals surface area contributed by atoms with Crippen LogP contribution >= 0.6 is 0 Å². The van der Waals surface area contributed by atoms with Crippen LogP contribution in [0.2, 0.25) is 0 Å². The van der Waals surface area contributed by atoms with Gasteiger partial charge in [-0.25, -0.2) is 0 Å². The van der Waals surface area contributed by atoms with Gasteiger partial charge in [-0.05, 0) is 18.1 Å². The molecule has 4 nitrogen and oxygen atoms in total. The molecule has 0 radical (unpaired) electrons. The Balaban J connectivity index is 2.91. The number of rotatable bonds is 2. The molecule has 0 fully saturated rings. The van der Waals surface area contributed by atoms with Crippen molar-refractivity contribution in [2.75, 3.05) is 0 Å². The zero-order valence-corrected chi connectivity index (χ0v) is 6.23. The van der Waals surface area contributed by atoms with E-state index in [4.69, 9.17) is 10.2 Å². The van der Waals surface area contributed by atoms with Crippen molar-refractivity contribution < 1.29 is 10.2 Å². The molecule has 1 aromatic rings. The second-order valence-corrected chi connectivity index (χ2v) is 2.22. The fourth-order valence-electron chi connectivity index (χ4n) is 0.745. The number of hydrogen-bond acceptors (Lipinski definition) is 4. The Hall–Kier alpha value is -1.00. The molecule has 0 spiro atoms. The lowest BCUT2D eigenvalue weighted by Crippen LogP contribution is -2.01. The van der Waals surface area contributed by atoms with Gasteiger partial charge in [0.15, 0.2) is 6.29 Å². The Morgan fingerprint density at radius 2 is 2.27 bits per heavy atom. The van der Waals surface area contributed by atoms with E-state index in [1.807, 2.05) is 6.92 Å². The van der Waals surface area contributed by atoms with Crippen molar-refractivity contribution in [2.45, 2.75) is 19.6 Å². The monoisotopic (exact) mass is 154 g/mol. The third kappa shape index (κ3) is 1.96. The van der Waals surface area contributed by atoms with Crippen molar-refractivity contribution in [3.05, 3.63) is 23.5 Å². The Bertz CT molecular complexity index is 238. The summed E-state index contributed by atoms with van der Waals surface area (Å²) in [6, 6.07) is 1.62. The third-order valence-electron chi connectivity index (χ3n) is 1.40. The summed E-state index contributed by atoms with van der Waals surface area (Å²) in [5.74, 6) is 0. The molecule has 60 valence electrons. The van der Waals surface area contributed by atoms with Crippen LogP contribution in [0.5, 0.6) is 0 Å². The molecular weight excluding hydrogens is 144 g/mol. The first-order chi connectivity index (χ1) is 5.24. The quantitative estimate of drug-likeness (QED) is 0.589. The van der Waals surface area contributed by atoms with Gasteiger partial charge in [0.1, 0.15) is 5.69 Å². The average molecular weight is 154 g/mol. The predicted molar refractivity (Wildman–Crippen MR) is 38.6 cm³/mol. The lowest BCUT2D eigenvalue weighted by Gasteiger charge is -2.01. The van der Waals surface area contributed by atoms with Crippen LogP contribution in [0.25, 0.3) is 0 Å². The van der Waals surface area contributed by atoms with E-state index >= 15 is 0 Å². The summed E-state index contributed by atoms with van der Waals surface area (Å²) in [7, 11) is 0. The first-order valence-electron chi connectivity index (χ1n) is 3.41. The van der Waals surface area contributed by atoms with Crippen molar-refractivity contribution >= 4 is 0 Å². The molecule has 11 heavy (non-hydrogen) atoms. The maximum atomic E-state index is 8.70. The molecule has 2 N–H and O–H groups in total. The van der Waals surface area contributed by atoms with Crippen LogP contribution in [-0.2, 0) is 6.42 Å². The summed E-state index contributed by atoms with van der Waals surface area (Å²) in [5.41, 5.74) is 1.15. The maximum absolute atomic E-state index is 8.70. The highest BCUT2D eigenvalue weighted by molar-refractivity contribution is 5.12. The maximum Gasteiger partial charge on any atom is 0.197 e. The van der Waals surface area contributed by atoms with Gasteiger partial charge >= 0.3 is 0 Å². The van der Waals surface area contributed by atoms with Gasteiger partial charge in [0.05, 0.1) is 6.20 Å². The van der Waals surface area contributed by atoms with Crippen molar-refractivity contribution in [3.8, 4) is 0 Å². The zero-order chi connectivity index (χ0) is 8.27. The molecule has 0 aliphatic heterocycles. The highest BCUT2D eigenvalue weighted by Gasteiger charge is 2.04. The molecule has 0 bridgehead atoms. The van der Waals surface area contributed by atoms with E-state index in [0.29, 0.717) is 0 Å². The molecule has 0 saturated carbocycles. The second-order valence-electron chi connectivity index (χ2n) is 2.22. The van der Waals surface area contributed by atoms with Crippen molar-refractivity contribution in [2.24, 2.45) is 0 Å². The van der Waals surface area contributed by atoms with E-state index in [-0.39, 0.29) is 5.69 Å². The molecular formula is C7H10N2O2. The summed E-state index contributed by atoms with van der Waals surface area (Å²) in [4.78, 5) is 0. The third-order valence-corrected chi connectivity index (χ3v) is 1.40. The summed E-state index contributed by atoms with van der Waals surface area (Å²) in [6.45, 7) is 1.96. The lowest BCUT2D eigenvalue weighted by atomic mass is 10.2. The Morgan fingerprint density at radius 3 is 2.82 bits per heavy atom. The molecule has 0 saturated heterocycles. The summed E-state index contributed by atoms with van der Waals surface area (Å²) in [6.07, 6.45) is 0.898. The van der Waals surface area contributed by atoms with Crippen molar-refractivity contribution in [3.63, 3.8) is 0 Å². The normalized spacial score (nSPS) is 10.5. The fourth-order valence-corrected chi connectivity index (χ4v) is 0.745. The Labute approximate surface area is 64.5 Å². The molecule has 1 rings (SSSR count). The highest BCUT2D eigenvalue weighted by atomic mass is 16.5. The second kappa shape index (κ2) is 3.41. The molecule has 0 aromatic carbocycles.